The summed E-state index contributed by atoms with van der Waals surface area (Å²) < 4.78 is 0. The van der Waals surface area contributed by atoms with Crippen LogP contribution in [0.5, 0.6) is 0 Å². The van der Waals surface area contributed by atoms with Gasteiger partial charge < -0.3 is 5.11 Å². The van der Waals surface area contributed by atoms with Gasteiger partial charge in [-0.05, 0) is 18.6 Å². The lowest BCUT2D eigenvalue weighted by Crippen LogP contribution is -2.35. The smallest absolute Gasteiger partial charge is 0.328 e. The van der Waals surface area contributed by atoms with Crippen molar-refractivity contribution in [1.29, 1.82) is 0 Å². The number of hydrogen-bond donors (Lipinski definition) is 1. The van der Waals surface area contributed by atoms with Gasteiger partial charge in [0, 0.05) is 6.20 Å². The number of rotatable bonds is 4. The van der Waals surface area contributed by atoms with Gasteiger partial charge in [-0.3, -0.25) is 4.79 Å². The molecular formula is C11H12N2O2. The largest absolute Gasteiger partial charge is 0.480 e. The van der Waals surface area contributed by atoms with Gasteiger partial charge >= 0.3 is 5.97 Å². The number of terminal acetylenes is 1. The molecule has 0 saturated heterocycles. The van der Waals surface area contributed by atoms with E-state index in [-0.39, 0.29) is 0 Å². The third-order valence-corrected chi connectivity index (χ3v) is 2.25. The fourth-order valence-corrected chi connectivity index (χ4v) is 1.46. The SMILES string of the molecule is C#CC(CCC)(C(=O)O)c1cccnn1. The van der Waals surface area contributed by atoms with Gasteiger partial charge in [-0.25, -0.2) is 0 Å². The molecule has 0 saturated carbocycles. The van der Waals surface area contributed by atoms with Crippen LogP contribution in [-0.4, -0.2) is 21.3 Å². The summed E-state index contributed by atoms with van der Waals surface area (Å²) >= 11 is 0. The Morgan fingerprint density at radius 2 is 2.47 bits per heavy atom. The third-order valence-electron chi connectivity index (χ3n) is 2.25. The van der Waals surface area contributed by atoms with Crippen LogP contribution in [0.15, 0.2) is 18.3 Å². The molecule has 0 bridgehead atoms. The number of hydrogen-bond acceptors (Lipinski definition) is 3. The number of carboxylic acid groups (broad SMARTS) is 1. The van der Waals surface area contributed by atoms with Crippen LogP contribution in [0.3, 0.4) is 0 Å². The van der Waals surface area contributed by atoms with Crippen LogP contribution in [0.25, 0.3) is 0 Å². The van der Waals surface area contributed by atoms with Crippen LogP contribution in [0.1, 0.15) is 25.5 Å². The molecule has 0 aliphatic carbocycles. The van der Waals surface area contributed by atoms with E-state index in [1.54, 1.807) is 12.1 Å². The maximum atomic E-state index is 11.2. The summed E-state index contributed by atoms with van der Waals surface area (Å²) in [5.74, 6) is 1.28. The highest BCUT2D eigenvalue weighted by atomic mass is 16.4. The minimum atomic E-state index is -1.34. The normalized spacial score (nSPS) is 13.9. The second-order valence-corrected chi connectivity index (χ2v) is 3.21. The molecule has 1 heterocycles. The average Bonchev–Trinajstić information content (AvgIpc) is 2.26. The lowest BCUT2D eigenvalue weighted by molar-refractivity contribution is -0.141. The van der Waals surface area contributed by atoms with E-state index in [9.17, 15) is 9.90 Å². The Morgan fingerprint density at radius 1 is 1.73 bits per heavy atom. The van der Waals surface area contributed by atoms with E-state index in [1.165, 1.54) is 6.20 Å². The summed E-state index contributed by atoms with van der Waals surface area (Å²) in [5.41, 5.74) is -1.02. The molecule has 0 fully saturated rings. The van der Waals surface area contributed by atoms with Crippen LogP contribution in [-0.2, 0) is 10.2 Å². The molecule has 1 aromatic heterocycles. The lowest BCUT2D eigenvalue weighted by Gasteiger charge is -2.21. The Bertz CT molecular complexity index is 383. The first-order valence-corrected chi connectivity index (χ1v) is 4.66. The van der Waals surface area contributed by atoms with Gasteiger partial charge in [-0.15, -0.1) is 6.42 Å². The first-order valence-electron chi connectivity index (χ1n) is 4.66. The van der Waals surface area contributed by atoms with Crippen molar-refractivity contribution in [1.82, 2.24) is 10.2 Å². The van der Waals surface area contributed by atoms with Gasteiger partial charge in [0.05, 0.1) is 5.69 Å². The van der Waals surface area contributed by atoms with Crippen molar-refractivity contribution in [3.8, 4) is 12.3 Å². The summed E-state index contributed by atoms with van der Waals surface area (Å²) in [6, 6.07) is 3.23. The number of aliphatic carboxylic acids is 1. The van der Waals surface area contributed by atoms with Crippen molar-refractivity contribution in [3.05, 3.63) is 24.0 Å². The molecule has 4 heteroatoms. The van der Waals surface area contributed by atoms with Gasteiger partial charge in [-0.1, -0.05) is 19.3 Å². The highest BCUT2D eigenvalue weighted by Gasteiger charge is 2.39. The summed E-state index contributed by atoms with van der Waals surface area (Å²) in [7, 11) is 0. The van der Waals surface area contributed by atoms with Crippen molar-refractivity contribution in [2.45, 2.75) is 25.2 Å². The lowest BCUT2D eigenvalue weighted by atomic mass is 9.81. The molecule has 0 spiro atoms. The molecule has 1 rings (SSSR count). The highest BCUT2D eigenvalue weighted by Crippen LogP contribution is 2.27. The Hall–Kier alpha value is -1.89. The average molecular weight is 204 g/mol. The number of aromatic nitrogens is 2. The first-order chi connectivity index (χ1) is 7.17. The minimum Gasteiger partial charge on any atom is -0.480 e. The van der Waals surface area contributed by atoms with Crippen LogP contribution < -0.4 is 0 Å². The summed E-state index contributed by atoms with van der Waals surface area (Å²) in [5, 5.41) is 16.6. The fourth-order valence-electron chi connectivity index (χ4n) is 1.46. The van der Waals surface area contributed by atoms with E-state index in [4.69, 9.17) is 6.42 Å². The molecule has 0 amide bonds. The molecule has 0 radical (unpaired) electrons. The van der Waals surface area contributed by atoms with E-state index in [0.717, 1.165) is 0 Å². The van der Waals surface area contributed by atoms with Gasteiger partial charge in [0.15, 0.2) is 5.41 Å². The second kappa shape index (κ2) is 4.56. The molecule has 4 nitrogen and oxygen atoms in total. The monoisotopic (exact) mass is 204 g/mol. The van der Waals surface area contributed by atoms with Crippen LogP contribution in [0.4, 0.5) is 0 Å². The zero-order valence-electron chi connectivity index (χ0n) is 8.47. The Balaban J connectivity index is 3.23. The van der Waals surface area contributed by atoms with Gasteiger partial charge in [0.2, 0.25) is 0 Å². The zero-order chi connectivity index (χ0) is 11.3. The molecular weight excluding hydrogens is 192 g/mol. The second-order valence-electron chi connectivity index (χ2n) is 3.21. The summed E-state index contributed by atoms with van der Waals surface area (Å²) in [4.78, 5) is 11.2. The van der Waals surface area contributed by atoms with Gasteiger partial charge in [0.1, 0.15) is 0 Å². The van der Waals surface area contributed by atoms with E-state index < -0.39 is 11.4 Å². The molecule has 1 atom stereocenters. The van der Waals surface area contributed by atoms with E-state index in [0.29, 0.717) is 18.5 Å². The van der Waals surface area contributed by atoms with E-state index in [1.807, 2.05) is 6.92 Å². The number of carboxylic acids is 1. The number of carbonyl (C=O) groups is 1. The first kappa shape index (κ1) is 11.2. The Kier molecular flexibility index (Phi) is 3.40. The summed E-state index contributed by atoms with van der Waals surface area (Å²) in [6.45, 7) is 1.88. The topological polar surface area (TPSA) is 63.1 Å². The third kappa shape index (κ3) is 1.96. The standard InChI is InChI=1S/C11H12N2O2/c1-3-7-11(4-2,10(14)15)9-6-5-8-12-13-9/h2,5-6,8H,3,7H2,1H3,(H,14,15). The van der Waals surface area contributed by atoms with E-state index >= 15 is 0 Å². The van der Waals surface area contributed by atoms with Crippen LogP contribution in [0, 0.1) is 12.3 Å². The van der Waals surface area contributed by atoms with Crippen molar-refractivity contribution >= 4 is 5.97 Å². The fraction of sp³-hybridized carbons (Fsp3) is 0.364. The summed E-state index contributed by atoms with van der Waals surface area (Å²) in [6.07, 6.45) is 7.85. The van der Waals surface area contributed by atoms with E-state index in [2.05, 4.69) is 16.1 Å². The maximum absolute atomic E-state index is 11.2. The predicted octanol–water partition coefficient (Wildman–Crippen LogP) is 1.23. The van der Waals surface area contributed by atoms with Crippen molar-refractivity contribution < 1.29 is 9.90 Å². The molecule has 78 valence electrons. The Morgan fingerprint density at radius 3 is 2.87 bits per heavy atom. The Labute approximate surface area is 88.3 Å². The quantitative estimate of drug-likeness (QED) is 0.749. The molecule has 0 aliphatic rings. The van der Waals surface area contributed by atoms with Crippen LogP contribution in [0.2, 0.25) is 0 Å². The minimum absolute atomic E-state index is 0.321. The van der Waals surface area contributed by atoms with Gasteiger partial charge in [-0.2, -0.15) is 10.2 Å². The highest BCUT2D eigenvalue weighted by molar-refractivity contribution is 5.84. The predicted molar refractivity (Wildman–Crippen MR) is 55.1 cm³/mol. The number of nitrogens with zero attached hydrogens (tertiary/aromatic N) is 2. The zero-order valence-corrected chi connectivity index (χ0v) is 8.47. The van der Waals surface area contributed by atoms with Crippen LogP contribution >= 0.6 is 0 Å². The molecule has 0 aliphatic heterocycles. The molecule has 1 N–H and O–H groups in total. The van der Waals surface area contributed by atoms with Crippen molar-refractivity contribution in [2.24, 2.45) is 0 Å². The molecule has 0 aromatic carbocycles. The van der Waals surface area contributed by atoms with Crippen molar-refractivity contribution in [2.75, 3.05) is 0 Å². The molecule has 15 heavy (non-hydrogen) atoms. The maximum Gasteiger partial charge on any atom is 0.328 e. The van der Waals surface area contributed by atoms with Gasteiger partial charge in [0.25, 0.3) is 0 Å². The molecule has 1 aromatic rings. The van der Waals surface area contributed by atoms with Crippen molar-refractivity contribution in [3.63, 3.8) is 0 Å². The molecule has 1 unspecified atom stereocenters.